The van der Waals surface area contributed by atoms with Gasteiger partial charge in [0.2, 0.25) is 0 Å². The zero-order chi connectivity index (χ0) is 16.8. The van der Waals surface area contributed by atoms with E-state index in [1.807, 2.05) is 35.0 Å². The predicted octanol–water partition coefficient (Wildman–Crippen LogP) is 5.94. The van der Waals surface area contributed by atoms with Crippen molar-refractivity contribution in [3.63, 3.8) is 0 Å². The van der Waals surface area contributed by atoms with Crippen LogP contribution in [-0.4, -0.2) is 15.6 Å². The van der Waals surface area contributed by atoms with Crippen LogP contribution in [0, 0.1) is 0 Å². The maximum atomic E-state index is 12.0. The molecule has 0 bridgehead atoms. The fraction of sp³-hybridized carbons (Fsp3) is 0.474. The van der Waals surface area contributed by atoms with E-state index in [4.69, 9.17) is 16.7 Å². The molecule has 1 heterocycles. The van der Waals surface area contributed by atoms with Crippen molar-refractivity contribution in [3.05, 3.63) is 41.0 Å². The standard InChI is InChI=1S/C19H25ClN2O/c1-4-6-7-8-17(5-2)22-19(14(3)23)13-18(21-22)15-9-11-16(20)12-10-15/h9-13,17H,4-8H2,1-3H3. The van der Waals surface area contributed by atoms with Gasteiger partial charge < -0.3 is 0 Å². The Kier molecular flexibility index (Phi) is 6.40. The van der Waals surface area contributed by atoms with E-state index in [1.54, 1.807) is 6.92 Å². The first-order valence-corrected chi connectivity index (χ1v) is 8.81. The number of benzene rings is 1. The van der Waals surface area contributed by atoms with Crippen molar-refractivity contribution in [3.8, 4) is 11.3 Å². The predicted molar refractivity (Wildman–Crippen MR) is 96.1 cm³/mol. The summed E-state index contributed by atoms with van der Waals surface area (Å²) in [4.78, 5) is 12.0. The fourth-order valence-electron chi connectivity index (χ4n) is 2.83. The molecule has 0 fully saturated rings. The van der Waals surface area contributed by atoms with Crippen LogP contribution in [0.4, 0.5) is 0 Å². The molecular formula is C19H25ClN2O. The molecule has 0 saturated heterocycles. The molecule has 0 N–H and O–H groups in total. The summed E-state index contributed by atoms with van der Waals surface area (Å²) in [6.45, 7) is 5.97. The van der Waals surface area contributed by atoms with Gasteiger partial charge in [0, 0.05) is 17.5 Å². The van der Waals surface area contributed by atoms with E-state index < -0.39 is 0 Å². The van der Waals surface area contributed by atoms with Crippen LogP contribution in [-0.2, 0) is 0 Å². The van der Waals surface area contributed by atoms with Gasteiger partial charge in [0.1, 0.15) is 5.69 Å². The Hall–Kier alpha value is -1.61. The lowest BCUT2D eigenvalue weighted by molar-refractivity contribution is 0.0999. The summed E-state index contributed by atoms with van der Waals surface area (Å²) in [6.07, 6.45) is 5.63. The normalized spacial score (nSPS) is 12.3. The average Bonchev–Trinajstić information content (AvgIpc) is 2.97. The average molecular weight is 333 g/mol. The summed E-state index contributed by atoms with van der Waals surface area (Å²) in [5.74, 6) is 0.0617. The molecule has 2 aromatic rings. The number of hydrogen-bond acceptors (Lipinski definition) is 2. The Balaban J connectivity index is 2.33. The van der Waals surface area contributed by atoms with Crippen molar-refractivity contribution >= 4 is 17.4 Å². The Bertz CT molecular complexity index is 646. The number of aromatic nitrogens is 2. The maximum Gasteiger partial charge on any atom is 0.177 e. The van der Waals surface area contributed by atoms with Crippen LogP contribution in [0.25, 0.3) is 11.3 Å². The van der Waals surface area contributed by atoms with Gasteiger partial charge >= 0.3 is 0 Å². The van der Waals surface area contributed by atoms with Gasteiger partial charge in [0.15, 0.2) is 5.78 Å². The van der Waals surface area contributed by atoms with Crippen LogP contribution in [0.15, 0.2) is 30.3 Å². The molecule has 1 aromatic carbocycles. The Morgan fingerprint density at radius 3 is 2.48 bits per heavy atom. The van der Waals surface area contributed by atoms with Crippen LogP contribution in [0.5, 0.6) is 0 Å². The van der Waals surface area contributed by atoms with Crippen LogP contribution < -0.4 is 0 Å². The van der Waals surface area contributed by atoms with Crippen LogP contribution >= 0.6 is 11.6 Å². The molecule has 124 valence electrons. The first-order valence-electron chi connectivity index (χ1n) is 8.43. The molecular weight excluding hydrogens is 308 g/mol. The lowest BCUT2D eigenvalue weighted by Gasteiger charge is -2.17. The van der Waals surface area contributed by atoms with Crippen molar-refractivity contribution in [2.75, 3.05) is 0 Å². The minimum atomic E-state index is 0.0617. The van der Waals surface area contributed by atoms with Crippen LogP contribution in [0.3, 0.4) is 0 Å². The molecule has 23 heavy (non-hydrogen) atoms. The SMILES string of the molecule is CCCCCC(CC)n1nc(-c2ccc(Cl)cc2)cc1C(C)=O. The van der Waals surface area contributed by atoms with Crippen molar-refractivity contribution in [1.82, 2.24) is 9.78 Å². The number of hydrogen-bond donors (Lipinski definition) is 0. The van der Waals surface area contributed by atoms with E-state index in [0.29, 0.717) is 10.7 Å². The molecule has 0 aliphatic heterocycles. The van der Waals surface area contributed by atoms with Gasteiger partial charge in [-0.05, 0) is 31.0 Å². The fourth-order valence-corrected chi connectivity index (χ4v) is 2.95. The zero-order valence-electron chi connectivity index (χ0n) is 14.2. The maximum absolute atomic E-state index is 12.0. The third-order valence-electron chi connectivity index (χ3n) is 4.19. The van der Waals surface area contributed by atoms with Gasteiger partial charge in [-0.25, -0.2) is 0 Å². The highest BCUT2D eigenvalue weighted by Crippen LogP contribution is 2.27. The second-order valence-electron chi connectivity index (χ2n) is 5.98. The number of rotatable bonds is 8. The highest BCUT2D eigenvalue weighted by molar-refractivity contribution is 6.30. The molecule has 1 atom stereocenters. The molecule has 4 heteroatoms. The molecule has 0 saturated carbocycles. The number of unbranched alkanes of at least 4 members (excludes halogenated alkanes) is 2. The van der Waals surface area contributed by atoms with Crippen LogP contribution in [0.2, 0.25) is 5.02 Å². The second kappa shape index (κ2) is 8.30. The number of carbonyl (C=O) groups is 1. The second-order valence-corrected chi connectivity index (χ2v) is 6.42. The number of halogens is 1. The lowest BCUT2D eigenvalue weighted by atomic mass is 10.1. The van der Waals surface area contributed by atoms with E-state index in [-0.39, 0.29) is 11.8 Å². The molecule has 0 aliphatic carbocycles. The van der Waals surface area contributed by atoms with Crippen molar-refractivity contribution in [2.24, 2.45) is 0 Å². The lowest BCUT2D eigenvalue weighted by Crippen LogP contribution is -2.15. The number of carbonyl (C=O) groups excluding carboxylic acids is 1. The third kappa shape index (κ3) is 4.44. The van der Waals surface area contributed by atoms with E-state index in [9.17, 15) is 4.79 Å². The summed E-state index contributed by atoms with van der Waals surface area (Å²) in [5, 5.41) is 5.43. The van der Waals surface area contributed by atoms with Gasteiger partial charge in [0.25, 0.3) is 0 Å². The Morgan fingerprint density at radius 1 is 1.22 bits per heavy atom. The Morgan fingerprint density at radius 2 is 1.91 bits per heavy atom. The molecule has 0 spiro atoms. The molecule has 1 unspecified atom stereocenters. The molecule has 0 aliphatic rings. The van der Waals surface area contributed by atoms with E-state index in [2.05, 4.69) is 13.8 Å². The zero-order valence-corrected chi connectivity index (χ0v) is 14.9. The van der Waals surface area contributed by atoms with Crippen LogP contribution in [0.1, 0.15) is 69.4 Å². The van der Waals surface area contributed by atoms with Gasteiger partial charge in [-0.1, -0.05) is 56.8 Å². The van der Waals surface area contributed by atoms with E-state index in [0.717, 1.165) is 24.1 Å². The first-order chi connectivity index (χ1) is 11.1. The number of ketones is 1. The smallest absolute Gasteiger partial charge is 0.177 e. The summed E-state index contributed by atoms with van der Waals surface area (Å²) in [7, 11) is 0. The quantitative estimate of drug-likeness (QED) is 0.443. The number of nitrogens with zero attached hydrogens (tertiary/aromatic N) is 2. The molecule has 2 rings (SSSR count). The van der Waals surface area contributed by atoms with Gasteiger partial charge in [0.05, 0.1) is 11.7 Å². The van der Waals surface area contributed by atoms with E-state index >= 15 is 0 Å². The van der Waals surface area contributed by atoms with Crippen molar-refractivity contribution in [2.45, 2.75) is 58.9 Å². The van der Waals surface area contributed by atoms with Gasteiger partial charge in [-0.2, -0.15) is 5.10 Å². The summed E-state index contributed by atoms with van der Waals surface area (Å²) >= 11 is 5.95. The van der Waals surface area contributed by atoms with Crippen molar-refractivity contribution < 1.29 is 4.79 Å². The molecule has 3 nitrogen and oxygen atoms in total. The highest BCUT2D eigenvalue weighted by Gasteiger charge is 2.19. The monoisotopic (exact) mass is 332 g/mol. The van der Waals surface area contributed by atoms with Gasteiger partial charge in [-0.3, -0.25) is 9.48 Å². The minimum absolute atomic E-state index is 0.0617. The molecule has 0 amide bonds. The molecule has 1 aromatic heterocycles. The Labute approximate surface area is 143 Å². The third-order valence-corrected chi connectivity index (χ3v) is 4.45. The van der Waals surface area contributed by atoms with E-state index in [1.165, 1.54) is 19.3 Å². The molecule has 0 radical (unpaired) electrons. The topological polar surface area (TPSA) is 34.9 Å². The summed E-state index contributed by atoms with van der Waals surface area (Å²) in [6, 6.07) is 9.76. The minimum Gasteiger partial charge on any atom is -0.293 e. The highest BCUT2D eigenvalue weighted by atomic mass is 35.5. The summed E-state index contributed by atoms with van der Waals surface area (Å²) < 4.78 is 1.93. The largest absolute Gasteiger partial charge is 0.293 e. The van der Waals surface area contributed by atoms with Crippen molar-refractivity contribution in [1.29, 1.82) is 0 Å². The first kappa shape index (κ1) is 17.7. The number of Topliss-reactive ketones (excluding diaryl/α,β-unsaturated/α-hetero) is 1. The van der Waals surface area contributed by atoms with Gasteiger partial charge in [-0.15, -0.1) is 0 Å². The summed E-state index contributed by atoms with van der Waals surface area (Å²) in [5.41, 5.74) is 2.51.